The van der Waals surface area contributed by atoms with Crippen LogP contribution in [0, 0.1) is 6.92 Å². The van der Waals surface area contributed by atoms with E-state index in [4.69, 9.17) is 4.52 Å². The summed E-state index contributed by atoms with van der Waals surface area (Å²) in [4.78, 5) is 14.2. The van der Waals surface area contributed by atoms with E-state index in [2.05, 4.69) is 10.5 Å². The van der Waals surface area contributed by atoms with E-state index in [9.17, 15) is 4.79 Å². The molecule has 2 rings (SSSR count). The Bertz CT molecular complexity index is 607. The molecule has 0 spiro atoms. The molecule has 1 N–H and O–H groups in total. The van der Waals surface area contributed by atoms with Crippen molar-refractivity contribution in [3.8, 4) is 0 Å². The van der Waals surface area contributed by atoms with Crippen LogP contribution in [-0.4, -0.2) is 36.6 Å². The number of carbonyl (C=O) groups excluding carboxylic acids is 1. The second kappa shape index (κ2) is 7.04. The average molecular weight is 287 g/mol. The van der Waals surface area contributed by atoms with Gasteiger partial charge in [-0.2, -0.15) is 0 Å². The van der Waals surface area contributed by atoms with E-state index < -0.39 is 0 Å². The molecule has 0 aliphatic rings. The van der Waals surface area contributed by atoms with Crippen LogP contribution in [0.2, 0.25) is 0 Å². The number of hydrogen-bond donors (Lipinski definition) is 1. The van der Waals surface area contributed by atoms with Gasteiger partial charge in [0.15, 0.2) is 0 Å². The van der Waals surface area contributed by atoms with Crippen LogP contribution in [-0.2, 0) is 13.0 Å². The molecule has 21 heavy (non-hydrogen) atoms. The van der Waals surface area contributed by atoms with Crippen molar-refractivity contribution in [1.82, 2.24) is 15.4 Å². The maximum Gasteiger partial charge on any atom is 0.254 e. The lowest BCUT2D eigenvalue weighted by atomic mass is 10.0. The highest BCUT2D eigenvalue weighted by Gasteiger charge is 2.16. The highest BCUT2D eigenvalue weighted by Crippen LogP contribution is 2.14. The van der Waals surface area contributed by atoms with Gasteiger partial charge in [0.1, 0.15) is 11.5 Å². The minimum Gasteiger partial charge on any atom is -0.361 e. The molecule has 0 unspecified atom stereocenters. The summed E-state index contributed by atoms with van der Waals surface area (Å²) in [6.45, 7) is 3.12. The number of amides is 1. The number of aryl methyl sites for hydroxylation is 1. The summed E-state index contributed by atoms with van der Waals surface area (Å²) in [5.74, 6) is 0.752. The zero-order valence-corrected chi connectivity index (χ0v) is 12.7. The predicted molar refractivity (Wildman–Crippen MR) is 81.1 cm³/mol. The summed E-state index contributed by atoms with van der Waals surface area (Å²) in [6.07, 6.45) is 0.829. The zero-order chi connectivity index (χ0) is 15.2. The van der Waals surface area contributed by atoms with Crippen molar-refractivity contribution in [3.63, 3.8) is 0 Å². The number of hydrogen-bond acceptors (Lipinski definition) is 4. The fourth-order valence-electron chi connectivity index (χ4n) is 2.22. The summed E-state index contributed by atoms with van der Waals surface area (Å²) in [5.41, 5.74) is 2.56. The van der Waals surface area contributed by atoms with Crippen molar-refractivity contribution < 1.29 is 9.32 Å². The van der Waals surface area contributed by atoms with Crippen LogP contribution in [0.25, 0.3) is 0 Å². The smallest absolute Gasteiger partial charge is 0.254 e. The summed E-state index contributed by atoms with van der Waals surface area (Å²) in [6, 6.07) is 9.57. The van der Waals surface area contributed by atoms with Gasteiger partial charge in [0.25, 0.3) is 5.91 Å². The molecule has 0 aliphatic carbocycles. The van der Waals surface area contributed by atoms with Crippen LogP contribution in [0.15, 0.2) is 34.9 Å². The van der Waals surface area contributed by atoms with Gasteiger partial charge in [-0.05, 0) is 38.6 Å². The number of carbonyl (C=O) groups is 1. The lowest BCUT2D eigenvalue weighted by molar-refractivity contribution is 0.0781. The van der Waals surface area contributed by atoms with Gasteiger partial charge in [-0.25, -0.2) is 0 Å². The molecular weight excluding hydrogens is 266 g/mol. The van der Waals surface area contributed by atoms with Crippen LogP contribution in [0.3, 0.4) is 0 Å². The normalized spacial score (nSPS) is 10.6. The van der Waals surface area contributed by atoms with E-state index in [0.717, 1.165) is 35.5 Å². The molecule has 5 nitrogen and oxygen atoms in total. The van der Waals surface area contributed by atoms with E-state index in [1.165, 1.54) is 0 Å². The Balaban J connectivity index is 2.11. The van der Waals surface area contributed by atoms with Gasteiger partial charge in [0, 0.05) is 18.7 Å². The van der Waals surface area contributed by atoms with Gasteiger partial charge in [-0.1, -0.05) is 23.4 Å². The summed E-state index contributed by atoms with van der Waals surface area (Å²) >= 11 is 0. The van der Waals surface area contributed by atoms with Crippen LogP contribution in [0.1, 0.15) is 27.4 Å². The first-order valence-electron chi connectivity index (χ1n) is 7.02. The largest absolute Gasteiger partial charge is 0.361 e. The van der Waals surface area contributed by atoms with Crippen molar-refractivity contribution in [2.45, 2.75) is 19.9 Å². The Morgan fingerprint density at radius 3 is 2.81 bits per heavy atom. The first-order chi connectivity index (χ1) is 10.1. The monoisotopic (exact) mass is 287 g/mol. The minimum atomic E-state index is 0.00218. The van der Waals surface area contributed by atoms with E-state index in [0.29, 0.717) is 6.54 Å². The van der Waals surface area contributed by atoms with Crippen molar-refractivity contribution >= 4 is 5.91 Å². The second-order valence-electron chi connectivity index (χ2n) is 5.10. The highest BCUT2D eigenvalue weighted by atomic mass is 16.5. The van der Waals surface area contributed by atoms with Crippen molar-refractivity contribution in [2.75, 3.05) is 20.6 Å². The standard InChI is InChI=1S/C16H21N3O2/c1-12-10-14(18-21-12)11-19(3)16(20)15-7-5-4-6-13(15)8-9-17-2/h4-7,10,17H,8-9,11H2,1-3H3. The van der Waals surface area contributed by atoms with Gasteiger partial charge in [-0.15, -0.1) is 0 Å². The van der Waals surface area contributed by atoms with Crippen LogP contribution >= 0.6 is 0 Å². The highest BCUT2D eigenvalue weighted by molar-refractivity contribution is 5.95. The zero-order valence-electron chi connectivity index (χ0n) is 12.7. The Morgan fingerprint density at radius 2 is 2.14 bits per heavy atom. The molecule has 0 atom stereocenters. The van der Waals surface area contributed by atoms with Crippen molar-refractivity contribution in [3.05, 3.63) is 52.9 Å². The lowest BCUT2D eigenvalue weighted by Gasteiger charge is -2.18. The van der Waals surface area contributed by atoms with Gasteiger partial charge >= 0.3 is 0 Å². The first-order valence-corrected chi connectivity index (χ1v) is 7.02. The fourth-order valence-corrected chi connectivity index (χ4v) is 2.22. The molecule has 0 saturated heterocycles. The third kappa shape index (κ3) is 3.92. The number of nitrogens with one attached hydrogen (secondary N) is 1. The summed E-state index contributed by atoms with van der Waals surface area (Å²) in [5, 5.41) is 7.03. The third-order valence-corrected chi connectivity index (χ3v) is 3.31. The SMILES string of the molecule is CNCCc1ccccc1C(=O)N(C)Cc1cc(C)on1. The maximum absolute atomic E-state index is 12.6. The maximum atomic E-state index is 12.6. The minimum absolute atomic E-state index is 0.00218. The van der Waals surface area contributed by atoms with E-state index >= 15 is 0 Å². The molecule has 1 amide bonds. The molecule has 0 radical (unpaired) electrons. The quantitative estimate of drug-likeness (QED) is 0.883. The molecule has 0 bridgehead atoms. The molecule has 0 saturated carbocycles. The van der Waals surface area contributed by atoms with Gasteiger partial charge in [0.05, 0.1) is 6.54 Å². The number of aromatic nitrogens is 1. The van der Waals surface area contributed by atoms with Crippen LogP contribution < -0.4 is 5.32 Å². The van der Waals surface area contributed by atoms with Crippen molar-refractivity contribution in [2.24, 2.45) is 0 Å². The third-order valence-electron chi connectivity index (χ3n) is 3.31. The Labute approximate surface area is 124 Å². The van der Waals surface area contributed by atoms with Crippen LogP contribution in [0.4, 0.5) is 0 Å². The molecule has 1 aromatic carbocycles. The van der Waals surface area contributed by atoms with Crippen LogP contribution in [0.5, 0.6) is 0 Å². The van der Waals surface area contributed by atoms with Gasteiger partial charge in [-0.3, -0.25) is 4.79 Å². The molecule has 5 heteroatoms. The molecule has 0 aliphatic heterocycles. The van der Waals surface area contributed by atoms with E-state index in [1.807, 2.05) is 44.3 Å². The number of likely N-dealkylation sites (N-methyl/N-ethyl adjacent to an activating group) is 1. The Kier molecular flexibility index (Phi) is 5.11. The number of rotatable bonds is 6. The van der Waals surface area contributed by atoms with Gasteiger partial charge in [0.2, 0.25) is 0 Å². The molecule has 112 valence electrons. The molecular formula is C16H21N3O2. The topological polar surface area (TPSA) is 58.4 Å². The van der Waals surface area contributed by atoms with E-state index in [1.54, 1.807) is 11.9 Å². The predicted octanol–water partition coefficient (Wildman–Crippen LogP) is 2.02. The van der Waals surface area contributed by atoms with Gasteiger partial charge < -0.3 is 14.7 Å². The first kappa shape index (κ1) is 15.3. The molecule has 1 aromatic heterocycles. The summed E-state index contributed by atoms with van der Waals surface area (Å²) < 4.78 is 5.03. The molecule has 2 aromatic rings. The Morgan fingerprint density at radius 1 is 1.38 bits per heavy atom. The molecule has 0 fully saturated rings. The second-order valence-corrected chi connectivity index (χ2v) is 5.10. The summed E-state index contributed by atoms with van der Waals surface area (Å²) in [7, 11) is 3.69. The van der Waals surface area contributed by atoms with E-state index in [-0.39, 0.29) is 5.91 Å². The van der Waals surface area contributed by atoms with Crippen molar-refractivity contribution in [1.29, 1.82) is 0 Å². The number of nitrogens with zero attached hydrogens (tertiary/aromatic N) is 2. The molecule has 1 heterocycles. The average Bonchev–Trinajstić information content (AvgIpc) is 2.89. The fraction of sp³-hybridized carbons (Fsp3) is 0.375. The lowest BCUT2D eigenvalue weighted by Crippen LogP contribution is -2.27. The Hall–Kier alpha value is -2.14. The number of benzene rings is 1.